The maximum Gasteiger partial charge on any atom is 0.433 e. The number of nitrogens with zero attached hydrogens (tertiary/aromatic N) is 2. The lowest BCUT2D eigenvalue weighted by molar-refractivity contribution is -0.141. The molecule has 1 amide bonds. The minimum Gasteiger partial charge on any atom is -0.331 e. The third-order valence-electron chi connectivity index (χ3n) is 3.98. The number of hydrogen-bond acceptors (Lipinski definition) is 2. The van der Waals surface area contributed by atoms with Crippen LogP contribution in [0.15, 0.2) is 42.6 Å². The van der Waals surface area contributed by atoms with Gasteiger partial charge < -0.3 is 4.90 Å². The Morgan fingerprint density at radius 2 is 2.00 bits per heavy atom. The number of pyridine rings is 1. The Morgan fingerprint density at radius 1 is 1.25 bits per heavy atom. The molecule has 0 N–H and O–H groups in total. The first kappa shape index (κ1) is 16.5. The van der Waals surface area contributed by atoms with Crippen molar-refractivity contribution in [2.24, 2.45) is 0 Å². The first-order chi connectivity index (χ1) is 11.3. The van der Waals surface area contributed by atoms with Crippen molar-refractivity contribution in [1.29, 1.82) is 0 Å². The van der Waals surface area contributed by atoms with Crippen molar-refractivity contribution in [3.63, 3.8) is 0 Å². The van der Waals surface area contributed by atoms with E-state index in [-0.39, 0.29) is 17.5 Å². The van der Waals surface area contributed by atoms with Crippen LogP contribution in [0.5, 0.6) is 0 Å². The minimum absolute atomic E-state index is 0.153. The van der Waals surface area contributed by atoms with E-state index in [1.807, 2.05) is 31.2 Å². The highest BCUT2D eigenvalue weighted by molar-refractivity contribution is 5.94. The third kappa shape index (κ3) is 3.75. The van der Waals surface area contributed by atoms with E-state index in [0.29, 0.717) is 6.54 Å². The molecular weight excluding hydrogens is 317 g/mol. The predicted molar refractivity (Wildman–Crippen MR) is 83.3 cm³/mol. The second-order valence-electron chi connectivity index (χ2n) is 6.08. The van der Waals surface area contributed by atoms with Gasteiger partial charge in [0.25, 0.3) is 5.91 Å². The summed E-state index contributed by atoms with van der Waals surface area (Å²) in [5.74, 6) is -0.278. The topological polar surface area (TPSA) is 33.2 Å². The van der Waals surface area contributed by atoms with Crippen LogP contribution < -0.4 is 0 Å². The lowest BCUT2D eigenvalue weighted by atomic mass is 10.1. The molecule has 0 atom stereocenters. The summed E-state index contributed by atoms with van der Waals surface area (Å²) >= 11 is 0. The number of hydrogen-bond donors (Lipinski definition) is 0. The highest BCUT2D eigenvalue weighted by Crippen LogP contribution is 2.31. The molecule has 2 aromatic rings. The van der Waals surface area contributed by atoms with Crippen LogP contribution in [0.25, 0.3) is 0 Å². The molecule has 0 aliphatic heterocycles. The highest BCUT2D eigenvalue weighted by Gasteiger charge is 2.35. The van der Waals surface area contributed by atoms with Crippen molar-refractivity contribution >= 4 is 5.91 Å². The van der Waals surface area contributed by atoms with Crippen molar-refractivity contribution in [2.45, 2.75) is 38.5 Å². The van der Waals surface area contributed by atoms with Gasteiger partial charge in [-0.25, -0.2) is 0 Å². The molecule has 0 unspecified atom stereocenters. The monoisotopic (exact) mass is 334 g/mol. The van der Waals surface area contributed by atoms with Gasteiger partial charge in [-0.1, -0.05) is 29.8 Å². The maximum atomic E-state index is 12.7. The van der Waals surface area contributed by atoms with E-state index < -0.39 is 11.9 Å². The summed E-state index contributed by atoms with van der Waals surface area (Å²) in [6.07, 6.45) is -1.65. The van der Waals surface area contributed by atoms with E-state index in [4.69, 9.17) is 0 Å². The average Bonchev–Trinajstić information content (AvgIpc) is 3.36. The van der Waals surface area contributed by atoms with Gasteiger partial charge in [-0.15, -0.1) is 0 Å². The normalized spacial score (nSPS) is 14.5. The number of aromatic nitrogens is 1. The van der Waals surface area contributed by atoms with E-state index in [1.54, 1.807) is 4.90 Å². The standard InChI is InChI=1S/C18H17F3N2O/c1-12-3-2-4-13(9-12)11-23(15-6-7-15)17(24)14-5-8-16(22-10-14)18(19,20)21/h2-5,8-10,15H,6-7,11H2,1H3. The minimum atomic E-state index is -4.50. The van der Waals surface area contributed by atoms with Gasteiger partial charge in [-0.2, -0.15) is 13.2 Å². The Morgan fingerprint density at radius 3 is 2.54 bits per heavy atom. The number of carbonyl (C=O) groups is 1. The van der Waals surface area contributed by atoms with Gasteiger partial charge in [0.2, 0.25) is 0 Å². The Labute approximate surface area is 138 Å². The molecule has 24 heavy (non-hydrogen) atoms. The molecule has 1 fully saturated rings. The lowest BCUT2D eigenvalue weighted by Gasteiger charge is -2.23. The fourth-order valence-electron chi connectivity index (χ4n) is 2.61. The summed E-state index contributed by atoms with van der Waals surface area (Å²) in [6, 6.07) is 10.1. The predicted octanol–water partition coefficient (Wildman–Crippen LogP) is 4.21. The number of alkyl halides is 3. The van der Waals surface area contributed by atoms with Gasteiger partial charge in [0.15, 0.2) is 0 Å². The van der Waals surface area contributed by atoms with Crippen molar-refractivity contribution < 1.29 is 18.0 Å². The molecule has 0 saturated heterocycles. The Bertz CT molecular complexity index is 737. The fraction of sp³-hybridized carbons (Fsp3) is 0.333. The van der Waals surface area contributed by atoms with Gasteiger partial charge >= 0.3 is 6.18 Å². The molecule has 3 rings (SSSR count). The highest BCUT2D eigenvalue weighted by atomic mass is 19.4. The summed E-state index contributed by atoms with van der Waals surface area (Å²) in [4.78, 5) is 17.8. The molecule has 1 saturated carbocycles. The summed E-state index contributed by atoms with van der Waals surface area (Å²) in [6.45, 7) is 2.43. The quantitative estimate of drug-likeness (QED) is 0.839. The van der Waals surface area contributed by atoms with Crippen molar-refractivity contribution in [1.82, 2.24) is 9.88 Å². The molecule has 1 aliphatic rings. The van der Waals surface area contributed by atoms with Crippen LogP contribution in [0.1, 0.15) is 40.0 Å². The molecular formula is C18H17F3N2O. The molecule has 0 radical (unpaired) electrons. The Hall–Kier alpha value is -2.37. The van der Waals surface area contributed by atoms with Crippen LogP contribution in [-0.2, 0) is 12.7 Å². The average molecular weight is 334 g/mol. The van der Waals surface area contributed by atoms with Crippen LogP contribution in [0.3, 0.4) is 0 Å². The van der Waals surface area contributed by atoms with E-state index in [9.17, 15) is 18.0 Å². The van der Waals surface area contributed by atoms with Crippen LogP contribution >= 0.6 is 0 Å². The molecule has 0 bridgehead atoms. The molecule has 6 heteroatoms. The smallest absolute Gasteiger partial charge is 0.331 e. The molecule has 1 aromatic carbocycles. The van der Waals surface area contributed by atoms with Gasteiger partial charge in [0, 0.05) is 18.8 Å². The van der Waals surface area contributed by atoms with E-state index in [2.05, 4.69) is 4.98 Å². The van der Waals surface area contributed by atoms with Crippen molar-refractivity contribution in [3.05, 3.63) is 65.0 Å². The van der Waals surface area contributed by atoms with Crippen LogP contribution in [0.2, 0.25) is 0 Å². The zero-order valence-corrected chi connectivity index (χ0v) is 13.2. The number of benzene rings is 1. The summed E-state index contributed by atoms with van der Waals surface area (Å²) in [7, 11) is 0. The number of amides is 1. The lowest BCUT2D eigenvalue weighted by Crippen LogP contribution is -2.32. The van der Waals surface area contributed by atoms with Crippen LogP contribution in [0, 0.1) is 6.92 Å². The van der Waals surface area contributed by atoms with E-state index in [1.165, 1.54) is 6.07 Å². The van der Waals surface area contributed by atoms with Crippen LogP contribution in [0.4, 0.5) is 13.2 Å². The SMILES string of the molecule is Cc1cccc(CN(C(=O)c2ccc(C(F)(F)F)nc2)C2CC2)c1. The first-order valence-corrected chi connectivity index (χ1v) is 7.74. The van der Waals surface area contributed by atoms with E-state index >= 15 is 0 Å². The van der Waals surface area contributed by atoms with Gasteiger partial charge in [0.05, 0.1) is 5.56 Å². The molecule has 3 nitrogen and oxygen atoms in total. The second-order valence-corrected chi connectivity index (χ2v) is 6.08. The largest absolute Gasteiger partial charge is 0.433 e. The van der Waals surface area contributed by atoms with Gasteiger partial charge in [-0.3, -0.25) is 9.78 Å². The Balaban J connectivity index is 1.80. The number of rotatable bonds is 4. The molecule has 1 aliphatic carbocycles. The third-order valence-corrected chi connectivity index (χ3v) is 3.98. The molecule has 1 heterocycles. The van der Waals surface area contributed by atoms with Gasteiger partial charge in [0.1, 0.15) is 5.69 Å². The maximum absolute atomic E-state index is 12.7. The number of carbonyl (C=O) groups excluding carboxylic acids is 1. The fourth-order valence-corrected chi connectivity index (χ4v) is 2.61. The van der Waals surface area contributed by atoms with Gasteiger partial charge in [-0.05, 0) is 37.5 Å². The molecule has 1 aromatic heterocycles. The van der Waals surface area contributed by atoms with Crippen molar-refractivity contribution in [3.8, 4) is 0 Å². The molecule has 0 spiro atoms. The summed E-state index contributed by atoms with van der Waals surface area (Å²) in [5, 5.41) is 0. The summed E-state index contributed by atoms with van der Waals surface area (Å²) in [5.41, 5.74) is 1.31. The number of halogens is 3. The van der Waals surface area contributed by atoms with E-state index in [0.717, 1.165) is 36.2 Å². The summed E-state index contributed by atoms with van der Waals surface area (Å²) < 4.78 is 37.8. The zero-order chi connectivity index (χ0) is 17.3. The van der Waals surface area contributed by atoms with Crippen LogP contribution in [-0.4, -0.2) is 21.8 Å². The number of aryl methyl sites for hydroxylation is 1. The zero-order valence-electron chi connectivity index (χ0n) is 13.2. The first-order valence-electron chi connectivity index (χ1n) is 7.74. The molecule has 126 valence electrons. The second kappa shape index (κ2) is 6.26. The van der Waals surface area contributed by atoms with Crippen molar-refractivity contribution in [2.75, 3.05) is 0 Å². The Kier molecular flexibility index (Phi) is 4.30.